The Morgan fingerprint density at radius 3 is 2.23 bits per heavy atom. The van der Waals surface area contributed by atoms with E-state index in [1.165, 1.54) is 11.0 Å². The van der Waals surface area contributed by atoms with Crippen LogP contribution < -0.4 is 26.6 Å². The van der Waals surface area contributed by atoms with Crippen molar-refractivity contribution in [2.45, 2.75) is 92.4 Å². The first-order valence-electron chi connectivity index (χ1n) is 16.3. The summed E-state index contributed by atoms with van der Waals surface area (Å²) >= 11 is 0. The molecule has 264 valence electrons. The van der Waals surface area contributed by atoms with Gasteiger partial charge in [0.1, 0.15) is 12.1 Å². The Kier molecular flexibility index (Phi) is 11.4. The number of nitrogens with zero attached hydrogens (tertiary/aromatic N) is 2. The van der Waals surface area contributed by atoms with Gasteiger partial charge in [-0.1, -0.05) is 61.5 Å². The Bertz CT molecular complexity index is 1370. The van der Waals surface area contributed by atoms with E-state index in [9.17, 15) is 33.6 Å². The molecule has 0 aromatic heterocycles. The van der Waals surface area contributed by atoms with Gasteiger partial charge in [0.2, 0.25) is 23.5 Å². The number of amides is 8. The summed E-state index contributed by atoms with van der Waals surface area (Å²) in [5.41, 5.74) is -1.61. The average molecular weight is 670 g/mol. The Balaban J connectivity index is 1.83. The molecule has 8 amide bonds. The van der Waals surface area contributed by atoms with Gasteiger partial charge >= 0.3 is 12.1 Å². The van der Waals surface area contributed by atoms with Gasteiger partial charge in [0, 0.05) is 19.5 Å². The summed E-state index contributed by atoms with van der Waals surface area (Å²) in [4.78, 5) is 94.2. The van der Waals surface area contributed by atoms with E-state index < -0.39 is 76.5 Å². The number of hydrogen-bond acceptors (Lipinski definition) is 7. The number of imide groups is 1. The normalized spacial score (nSPS) is 23.1. The van der Waals surface area contributed by atoms with Crippen LogP contribution in [0.5, 0.6) is 0 Å². The van der Waals surface area contributed by atoms with Crippen LogP contribution in [0.25, 0.3) is 0 Å². The lowest BCUT2D eigenvalue weighted by Gasteiger charge is -2.39. The van der Waals surface area contributed by atoms with Crippen molar-refractivity contribution in [1.82, 2.24) is 36.4 Å². The molecular weight excluding hydrogens is 618 g/mol. The van der Waals surface area contributed by atoms with E-state index in [2.05, 4.69) is 39.1 Å². The summed E-state index contributed by atoms with van der Waals surface area (Å²) in [6.45, 7) is 18.6. The zero-order chi connectivity index (χ0) is 36.4. The monoisotopic (exact) mass is 669 g/mol. The second kappa shape index (κ2) is 14.4. The summed E-state index contributed by atoms with van der Waals surface area (Å²) in [5, 5.41) is 13.3. The van der Waals surface area contributed by atoms with Crippen LogP contribution in [0.1, 0.15) is 68.2 Å². The predicted octanol–water partition coefficient (Wildman–Crippen LogP) is 0.919. The lowest BCUT2D eigenvalue weighted by molar-refractivity contribution is -0.145. The largest absolute Gasteiger partial charge is 0.346 e. The number of piperidine rings is 1. The molecule has 0 spiro atoms. The van der Waals surface area contributed by atoms with E-state index in [1.54, 1.807) is 20.8 Å². The third kappa shape index (κ3) is 8.35. The van der Waals surface area contributed by atoms with Crippen molar-refractivity contribution in [3.63, 3.8) is 0 Å². The third-order valence-corrected chi connectivity index (χ3v) is 9.64. The molecule has 3 aliphatic rings. The van der Waals surface area contributed by atoms with Gasteiger partial charge in [0.25, 0.3) is 5.91 Å². The highest BCUT2D eigenvalue weighted by molar-refractivity contribution is 6.38. The molecule has 0 aromatic carbocycles. The van der Waals surface area contributed by atoms with Crippen molar-refractivity contribution in [3.8, 4) is 12.3 Å². The minimum absolute atomic E-state index is 0.0109. The van der Waals surface area contributed by atoms with E-state index >= 15 is 0 Å². The standard InChI is InChI=1S/C34H51N7O7/c1-11-13-14-20(25(43)28(45)35-15-12-2)37-27(44)24-23-19(34(23,9)10)17-41(24)29(46)26(33(6,7)8)39-30(47)38-21(32(3,4)5)18-40-22(42)16-36-31(40)48/h1,12,19-21,23-24,26H,2,13-18H2,3-10H3,(H,35,45)(H,36,48)(H,37,44)(H2,38,39,47)/t19-,20?,21+,23-,24-,26+/m0/s1. The predicted molar refractivity (Wildman–Crippen MR) is 178 cm³/mol. The molecule has 6 atom stereocenters. The molecule has 5 N–H and O–H groups in total. The Morgan fingerprint density at radius 1 is 1.06 bits per heavy atom. The maximum absolute atomic E-state index is 14.3. The molecule has 1 aliphatic carbocycles. The van der Waals surface area contributed by atoms with Gasteiger partial charge in [0.05, 0.1) is 25.2 Å². The van der Waals surface area contributed by atoms with E-state index in [0.29, 0.717) is 0 Å². The summed E-state index contributed by atoms with van der Waals surface area (Å²) in [6, 6.07) is -5.09. The summed E-state index contributed by atoms with van der Waals surface area (Å²) in [6.07, 6.45) is 7.01. The number of fused-ring (bicyclic) bond motifs is 1. The van der Waals surface area contributed by atoms with Crippen LogP contribution in [0, 0.1) is 40.4 Å². The van der Waals surface area contributed by atoms with Crippen molar-refractivity contribution in [2.24, 2.45) is 28.1 Å². The molecule has 1 saturated carbocycles. The molecule has 48 heavy (non-hydrogen) atoms. The van der Waals surface area contributed by atoms with Crippen LogP contribution >= 0.6 is 0 Å². The first-order valence-corrected chi connectivity index (χ1v) is 16.3. The van der Waals surface area contributed by atoms with Gasteiger partial charge in [-0.3, -0.25) is 28.9 Å². The first-order chi connectivity index (χ1) is 22.2. The Morgan fingerprint density at radius 2 is 1.71 bits per heavy atom. The molecule has 0 aromatic rings. The van der Waals surface area contributed by atoms with E-state index in [1.807, 2.05) is 34.6 Å². The molecule has 1 unspecified atom stereocenters. The topological polar surface area (TPSA) is 186 Å². The van der Waals surface area contributed by atoms with Gasteiger partial charge in [-0.2, -0.15) is 0 Å². The van der Waals surface area contributed by atoms with Gasteiger partial charge < -0.3 is 31.5 Å². The molecule has 14 nitrogen and oxygen atoms in total. The van der Waals surface area contributed by atoms with Crippen LogP contribution in [0.4, 0.5) is 9.59 Å². The van der Waals surface area contributed by atoms with Crippen molar-refractivity contribution >= 4 is 41.5 Å². The van der Waals surface area contributed by atoms with Crippen molar-refractivity contribution < 1.29 is 33.6 Å². The molecular formula is C34H51N7O7. The van der Waals surface area contributed by atoms with Crippen LogP contribution in [0.15, 0.2) is 12.7 Å². The summed E-state index contributed by atoms with van der Waals surface area (Å²) < 4.78 is 0. The maximum atomic E-state index is 14.3. The number of carbonyl (C=O) groups is 7. The second-order valence-electron chi connectivity index (χ2n) is 15.6. The van der Waals surface area contributed by atoms with Gasteiger partial charge in [0.15, 0.2) is 0 Å². The Labute approximate surface area is 282 Å². The number of terminal acetylenes is 1. The highest BCUT2D eigenvalue weighted by atomic mass is 16.2. The molecule has 0 radical (unpaired) electrons. The molecule has 14 heteroatoms. The maximum Gasteiger partial charge on any atom is 0.324 e. The number of Topliss-reactive ketones (excluding diaryl/α,β-unsaturated/α-hetero) is 1. The van der Waals surface area contributed by atoms with Gasteiger partial charge in [-0.15, -0.1) is 18.9 Å². The van der Waals surface area contributed by atoms with Crippen LogP contribution in [0.2, 0.25) is 0 Å². The van der Waals surface area contributed by atoms with Gasteiger partial charge in [-0.25, -0.2) is 9.59 Å². The molecule has 3 rings (SSSR count). The lowest BCUT2D eigenvalue weighted by atomic mass is 9.85. The number of rotatable bonds is 13. The number of ketones is 1. The smallest absolute Gasteiger partial charge is 0.324 e. The average Bonchev–Trinajstić information content (AvgIpc) is 3.27. The van der Waals surface area contributed by atoms with Crippen molar-refractivity contribution in [2.75, 3.05) is 26.2 Å². The van der Waals surface area contributed by atoms with Gasteiger partial charge in [-0.05, 0) is 34.5 Å². The minimum Gasteiger partial charge on any atom is -0.346 e. The third-order valence-electron chi connectivity index (χ3n) is 9.64. The SMILES string of the molecule is C#CCCC(NC(=O)[C@@H]1[C@@H]2[C@H](CN1C(=O)[C@@H](NC(=O)N[C@H](CN1C(=O)CNC1=O)C(C)(C)C)C(C)(C)C)C2(C)C)C(=O)C(=O)NCC=C. The zero-order valence-corrected chi connectivity index (χ0v) is 29.3. The molecule has 2 heterocycles. The Hall–Kier alpha value is -4.41. The van der Waals surface area contributed by atoms with Crippen LogP contribution in [0.3, 0.4) is 0 Å². The highest BCUT2D eigenvalue weighted by Gasteiger charge is 2.70. The fraction of sp³-hybridized carbons (Fsp3) is 0.676. The molecule has 2 saturated heterocycles. The van der Waals surface area contributed by atoms with Crippen molar-refractivity contribution in [3.05, 3.63) is 12.7 Å². The fourth-order valence-corrected chi connectivity index (χ4v) is 6.48. The fourth-order valence-electron chi connectivity index (χ4n) is 6.48. The minimum atomic E-state index is -1.20. The molecule has 3 fully saturated rings. The number of carbonyl (C=O) groups excluding carboxylic acids is 7. The number of urea groups is 2. The first kappa shape index (κ1) is 38.0. The van der Waals surface area contributed by atoms with Crippen LogP contribution in [-0.2, 0) is 24.0 Å². The summed E-state index contributed by atoms with van der Waals surface area (Å²) in [5.74, 6) is -0.952. The van der Waals surface area contributed by atoms with Crippen molar-refractivity contribution in [1.29, 1.82) is 0 Å². The van der Waals surface area contributed by atoms with Crippen LogP contribution in [-0.4, -0.2) is 102 Å². The molecule has 2 aliphatic heterocycles. The zero-order valence-electron chi connectivity index (χ0n) is 29.3. The summed E-state index contributed by atoms with van der Waals surface area (Å²) in [7, 11) is 0. The molecule has 0 bridgehead atoms. The number of likely N-dealkylation sites (tertiary alicyclic amines) is 1. The van der Waals surface area contributed by atoms with E-state index in [-0.39, 0.29) is 56.3 Å². The van der Waals surface area contributed by atoms with E-state index in [0.717, 1.165) is 4.90 Å². The second-order valence-corrected chi connectivity index (χ2v) is 15.6. The number of nitrogens with one attached hydrogen (secondary N) is 5. The number of hydrogen-bond donors (Lipinski definition) is 5. The highest BCUT2D eigenvalue weighted by Crippen LogP contribution is 2.65. The quantitative estimate of drug-likeness (QED) is 0.0835. The van der Waals surface area contributed by atoms with E-state index in [4.69, 9.17) is 6.42 Å². The lowest BCUT2D eigenvalue weighted by Crippen LogP contribution is -2.63.